The molecular formula is C19H16FN3O2. The van der Waals surface area contributed by atoms with E-state index in [0.29, 0.717) is 11.1 Å². The molecule has 2 amide bonds. The van der Waals surface area contributed by atoms with Gasteiger partial charge >= 0.3 is 0 Å². The number of nitrogens with zero attached hydrogens (tertiary/aromatic N) is 1. The van der Waals surface area contributed by atoms with Gasteiger partial charge in [0.15, 0.2) is 0 Å². The first-order valence-corrected chi connectivity index (χ1v) is 7.73. The van der Waals surface area contributed by atoms with Crippen LogP contribution in [-0.4, -0.2) is 22.8 Å². The SMILES string of the molecule is NC(=O)[C@H](Cc1ccc(F)cc1)NC(=O)c1ccc2ccccc2n1. The molecule has 5 nitrogen and oxygen atoms in total. The number of aromatic nitrogens is 1. The summed E-state index contributed by atoms with van der Waals surface area (Å²) in [5.41, 5.74) is 6.96. The Balaban J connectivity index is 1.77. The number of fused-ring (bicyclic) bond motifs is 1. The lowest BCUT2D eigenvalue weighted by Crippen LogP contribution is -2.46. The van der Waals surface area contributed by atoms with Gasteiger partial charge in [-0.2, -0.15) is 0 Å². The van der Waals surface area contributed by atoms with Gasteiger partial charge in [0.25, 0.3) is 5.91 Å². The fourth-order valence-electron chi connectivity index (χ4n) is 2.50. The zero-order valence-corrected chi connectivity index (χ0v) is 13.3. The number of primary amides is 1. The van der Waals surface area contributed by atoms with Gasteiger partial charge in [-0.1, -0.05) is 36.4 Å². The average Bonchev–Trinajstić information content (AvgIpc) is 2.62. The number of pyridine rings is 1. The van der Waals surface area contributed by atoms with E-state index in [1.807, 2.05) is 18.2 Å². The standard InChI is InChI=1S/C19H16FN3O2/c20-14-8-5-12(6-9-14)11-17(18(21)24)23-19(25)16-10-7-13-3-1-2-4-15(13)22-16/h1-10,17H,11H2,(H2,21,24)(H,23,25)/t17-/m0/s1. The lowest BCUT2D eigenvalue weighted by atomic mass is 10.1. The molecular weight excluding hydrogens is 321 g/mol. The summed E-state index contributed by atoms with van der Waals surface area (Å²) in [6, 6.07) is 15.6. The maximum atomic E-state index is 13.0. The average molecular weight is 337 g/mol. The van der Waals surface area contributed by atoms with Crippen molar-refractivity contribution in [3.8, 4) is 0 Å². The van der Waals surface area contributed by atoms with Crippen molar-refractivity contribution in [2.75, 3.05) is 0 Å². The molecule has 0 saturated carbocycles. The first kappa shape index (κ1) is 16.6. The van der Waals surface area contributed by atoms with Gasteiger partial charge in [0, 0.05) is 11.8 Å². The van der Waals surface area contributed by atoms with Crippen molar-refractivity contribution < 1.29 is 14.0 Å². The van der Waals surface area contributed by atoms with Crippen LogP contribution < -0.4 is 11.1 Å². The van der Waals surface area contributed by atoms with Crippen molar-refractivity contribution in [3.05, 3.63) is 77.7 Å². The first-order valence-electron chi connectivity index (χ1n) is 7.73. The minimum atomic E-state index is -0.911. The van der Waals surface area contributed by atoms with Gasteiger partial charge in [-0.25, -0.2) is 9.37 Å². The molecule has 0 spiro atoms. The molecule has 0 radical (unpaired) electrons. The highest BCUT2D eigenvalue weighted by Crippen LogP contribution is 2.12. The Labute approximate surface area is 143 Å². The van der Waals surface area contributed by atoms with E-state index in [-0.39, 0.29) is 17.9 Å². The topological polar surface area (TPSA) is 85.1 Å². The summed E-state index contributed by atoms with van der Waals surface area (Å²) in [5.74, 6) is -1.53. The second-order valence-corrected chi connectivity index (χ2v) is 5.65. The molecule has 0 aliphatic rings. The number of nitrogens with one attached hydrogen (secondary N) is 1. The molecule has 25 heavy (non-hydrogen) atoms. The fourth-order valence-corrected chi connectivity index (χ4v) is 2.50. The smallest absolute Gasteiger partial charge is 0.270 e. The van der Waals surface area contributed by atoms with Gasteiger partial charge in [0.1, 0.15) is 17.6 Å². The number of para-hydroxylation sites is 1. The number of carbonyl (C=O) groups excluding carboxylic acids is 2. The van der Waals surface area contributed by atoms with Crippen LogP contribution in [0.5, 0.6) is 0 Å². The molecule has 6 heteroatoms. The molecule has 1 aromatic heterocycles. The lowest BCUT2D eigenvalue weighted by Gasteiger charge is -2.15. The van der Waals surface area contributed by atoms with Crippen molar-refractivity contribution in [2.24, 2.45) is 5.73 Å². The molecule has 3 N–H and O–H groups in total. The van der Waals surface area contributed by atoms with Crippen molar-refractivity contribution in [1.82, 2.24) is 10.3 Å². The molecule has 0 aliphatic carbocycles. The minimum Gasteiger partial charge on any atom is -0.368 e. The molecule has 1 heterocycles. The van der Waals surface area contributed by atoms with Gasteiger partial charge in [0.05, 0.1) is 5.52 Å². The van der Waals surface area contributed by atoms with Crippen LogP contribution in [0.25, 0.3) is 10.9 Å². The lowest BCUT2D eigenvalue weighted by molar-refractivity contribution is -0.119. The minimum absolute atomic E-state index is 0.176. The van der Waals surface area contributed by atoms with Crippen LogP contribution in [0.4, 0.5) is 4.39 Å². The van der Waals surface area contributed by atoms with Crippen molar-refractivity contribution in [3.63, 3.8) is 0 Å². The quantitative estimate of drug-likeness (QED) is 0.748. The van der Waals surface area contributed by atoms with E-state index in [2.05, 4.69) is 10.3 Å². The molecule has 0 fully saturated rings. The zero-order chi connectivity index (χ0) is 17.8. The summed E-state index contributed by atoms with van der Waals surface area (Å²) in [6.45, 7) is 0. The normalized spacial score (nSPS) is 11.9. The van der Waals surface area contributed by atoms with E-state index in [0.717, 1.165) is 5.39 Å². The van der Waals surface area contributed by atoms with Crippen molar-refractivity contribution in [1.29, 1.82) is 0 Å². The van der Waals surface area contributed by atoms with E-state index >= 15 is 0 Å². The number of nitrogens with two attached hydrogens (primary N) is 1. The van der Waals surface area contributed by atoms with E-state index in [1.54, 1.807) is 30.3 Å². The highest BCUT2D eigenvalue weighted by molar-refractivity contribution is 5.97. The van der Waals surface area contributed by atoms with Crippen LogP contribution in [0.15, 0.2) is 60.7 Å². The maximum Gasteiger partial charge on any atom is 0.270 e. The monoisotopic (exact) mass is 337 g/mol. The number of hydrogen-bond acceptors (Lipinski definition) is 3. The Kier molecular flexibility index (Phi) is 4.70. The number of amides is 2. The van der Waals surface area contributed by atoms with Gasteiger partial charge in [-0.3, -0.25) is 9.59 Å². The van der Waals surface area contributed by atoms with Gasteiger partial charge in [0.2, 0.25) is 5.91 Å². The van der Waals surface area contributed by atoms with E-state index < -0.39 is 17.9 Å². The summed E-state index contributed by atoms with van der Waals surface area (Å²) < 4.78 is 13.0. The Morgan fingerprint density at radius 1 is 1.04 bits per heavy atom. The third-order valence-corrected chi connectivity index (χ3v) is 3.83. The summed E-state index contributed by atoms with van der Waals surface area (Å²) in [5, 5.41) is 3.50. The van der Waals surface area contributed by atoms with E-state index in [4.69, 9.17) is 5.73 Å². The predicted octanol–water partition coefficient (Wildman–Crippen LogP) is 2.20. The first-order chi connectivity index (χ1) is 12.0. The summed E-state index contributed by atoms with van der Waals surface area (Å²) in [7, 11) is 0. The molecule has 3 aromatic rings. The second kappa shape index (κ2) is 7.09. The molecule has 3 rings (SSSR count). The number of carbonyl (C=O) groups is 2. The Bertz CT molecular complexity index is 925. The van der Waals surface area contributed by atoms with Crippen LogP contribution in [0.2, 0.25) is 0 Å². The number of rotatable bonds is 5. The fraction of sp³-hybridized carbons (Fsp3) is 0.105. The number of benzene rings is 2. The maximum absolute atomic E-state index is 13.0. The molecule has 0 aliphatic heterocycles. The Morgan fingerprint density at radius 2 is 1.76 bits per heavy atom. The Morgan fingerprint density at radius 3 is 2.48 bits per heavy atom. The number of hydrogen-bond donors (Lipinski definition) is 2. The van der Waals surface area contributed by atoms with Crippen molar-refractivity contribution >= 4 is 22.7 Å². The third kappa shape index (κ3) is 3.98. The molecule has 0 bridgehead atoms. The van der Waals surface area contributed by atoms with Crippen LogP contribution in [0.3, 0.4) is 0 Å². The van der Waals surface area contributed by atoms with Crippen molar-refractivity contribution in [2.45, 2.75) is 12.5 Å². The van der Waals surface area contributed by atoms with E-state index in [1.165, 1.54) is 12.1 Å². The largest absolute Gasteiger partial charge is 0.368 e. The zero-order valence-electron chi connectivity index (χ0n) is 13.3. The van der Waals surface area contributed by atoms with Crippen LogP contribution in [0.1, 0.15) is 16.1 Å². The summed E-state index contributed by atoms with van der Waals surface area (Å²) >= 11 is 0. The van der Waals surface area contributed by atoms with Gasteiger partial charge in [-0.15, -0.1) is 0 Å². The second-order valence-electron chi connectivity index (χ2n) is 5.65. The van der Waals surface area contributed by atoms with Crippen LogP contribution >= 0.6 is 0 Å². The summed E-state index contributed by atoms with van der Waals surface area (Å²) in [6.07, 6.45) is 0.176. The van der Waals surface area contributed by atoms with E-state index in [9.17, 15) is 14.0 Å². The number of halogens is 1. The molecule has 1 atom stereocenters. The molecule has 2 aromatic carbocycles. The van der Waals surface area contributed by atoms with Gasteiger partial charge < -0.3 is 11.1 Å². The molecule has 0 unspecified atom stereocenters. The Hall–Kier alpha value is -3.28. The van der Waals surface area contributed by atoms with Gasteiger partial charge in [-0.05, 0) is 29.8 Å². The van der Waals surface area contributed by atoms with Crippen LogP contribution in [0, 0.1) is 5.82 Å². The highest BCUT2D eigenvalue weighted by atomic mass is 19.1. The summed E-state index contributed by atoms with van der Waals surface area (Å²) in [4.78, 5) is 28.4. The highest BCUT2D eigenvalue weighted by Gasteiger charge is 2.20. The predicted molar refractivity (Wildman–Crippen MR) is 92.3 cm³/mol. The van der Waals surface area contributed by atoms with Crippen LogP contribution in [-0.2, 0) is 11.2 Å². The molecule has 126 valence electrons. The molecule has 0 saturated heterocycles. The third-order valence-electron chi connectivity index (χ3n) is 3.83.